The lowest BCUT2D eigenvalue weighted by Gasteiger charge is -2.18. The van der Waals surface area contributed by atoms with Crippen LogP contribution < -0.4 is 10.1 Å². The minimum atomic E-state index is 0.324. The molecule has 1 aromatic rings. The topological polar surface area (TPSA) is 21.3 Å². The molecule has 1 fully saturated rings. The average molecular weight is 275 g/mol. The molecule has 1 N–H and O–H groups in total. The molecule has 0 saturated heterocycles. The van der Waals surface area contributed by atoms with Crippen molar-refractivity contribution in [3.8, 4) is 5.75 Å². The molecule has 0 aromatic heterocycles. The van der Waals surface area contributed by atoms with Gasteiger partial charge in [-0.1, -0.05) is 45.9 Å². The second-order valence-corrected chi connectivity index (χ2v) is 7.10. The second-order valence-electron chi connectivity index (χ2n) is 7.10. The van der Waals surface area contributed by atoms with Crippen LogP contribution in [0.5, 0.6) is 5.75 Å². The molecule has 1 aliphatic carbocycles. The smallest absolute Gasteiger partial charge is 0.124 e. The Balaban J connectivity index is 1.98. The van der Waals surface area contributed by atoms with E-state index in [2.05, 4.69) is 58.1 Å². The van der Waals surface area contributed by atoms with E-state index in [1.807, 2.05) is 13.0 Å². The van der Waals surface area contributed by atoms with E-state index in [-0.39, 0.29) is 0 Å². The van der Waals surface area contributed by atoms with Gasteiger partial charge in [-0.3, -0.25) is 0 Å². The van der Waals surface area contributed by atoms with Crippen molar-refractivity contribution < 1.29 is 4.74 Å². The number of para-hydroxylation sites is 1. The maximum Gasteiger partial charge on any atom is 0.124 e. The highest BCUT2D eigenvalue weighted by Crippen LogP contribution is 2.68. The molecule has 0 radical (unpaired) electrons. The Labute approximate surface area is 123 Å². The summed E-state index contributed by atoms with van der Waals surface area (Å²) < 4.78 is 5.72. The monoisotopic (exact) mass is 275 g/mol. The van der Waals surface area contributed by atoms with Crippen LogP contribution in [-0.2, 0) is 0 Å². The Morgan fingerprint density at radius 2 is 1.75 bits per heavy atom. The zero-order valence-electron chi connectivity index (χ0n) is 13.8. The third-order valence-corrected chi connectivity index (χ3v) is 5.63. The molecule has 1 unspecified atom stereocenters. The summed E-state index contributed by atoms with van der Waals surface area (Å²) in [6, 6.07) is 8.66. The molecule has 20 heavy (non-hydrogen) atoms. The molecule has 2 rings (SSSR count). The molecule has 112 valence electrons. The number of hydrogen-bond donors (Lipinski definition) is 1. The molecule has 0 spiro atoms. The fourth-order valence-corrected chi connectivity index (χ4v) is 3.37. The van der Waals surface area contributed by atoms with E-state index in [4.69, 9.17) is 4.74 Å². The van der Waals surface area contributed by atoms with Crippen LogP contribution >= 0.6 is 0 Å². The Hall–Kier alpha value is -1.02. The summed E-state index contributed by atoms with van der Waals surface area (Å²) in [5.41, 5.74) is 2.14. The van der Waals surface area contributed by atoms with Gasteiger partial charge in [-0.25, -0.2) is 0 Å². The van der Waals surface area contributed by atoms with E-state index in [0.717, 1.165) is 18.2 Å². The van der Waals surface area contributed by atoms with Gasteiger partial charge in [-0.15, -0.1) is 0 Å². The minimum absolute atomic E-state index is 0.324. The number of nitrogens with one attached hydrogen (secondary N) is 1. The summed E-state index contributed by atoms with van der Waals surface area (Å²) >= 11 is 0. The van der Waals surface area contributed by atoms with Crippen LogP contribution in [0.3, 0.4) is 0 Å². The predicted molar refractivity (Wildman–Crippen MR) is 85.1 cm³/mol. The number of ether oxygens (including phenoxy) is 1. The van der Waals surface area contributed by atoms with Crippen molar-refractivity contribution in [1.82, 2.24) is 5.32 Å². The van der Waals surface area contributed by atoms with Crippen LogP contribution in [0, 0.1) is 16.7 Å². The van der Waals surface area contributed by atoms with Crippen LogP contribution in [-0.4, -0.2) is 13.2 Å². The number of benzene rings is 1. The molecule has 1 aliphatic rings. The quantitative estimate of drug-likeness (QED) is 0.830. The van der Waals surface area contributed by atoms with Crippen molar-refractivity contribution >= 4 is 0 Å². The highest BCUT2D eigenvalue weighted by Gasteiger charge is 2.63. The fourth-order valence-electron chi connectivity index (χ4n) is 3.37. The lowest BCUT2D eigenvalue weighted by atomic mass is 10.0. The van der Waals surface area contributed by atoms with Crippen LogP contribution in [0.15, 0.2) is 24.3 Å². The summed E-state index contributed by atoms with van der Waals surface area (Å²) in [6.07, 6.45) is 0. The lowest BCUT2D eigenvalue weighted by molar-refractivity contribution is 0.331. The first-order valence-electron chi connectivity index (χ1n) is 7.77. The Morgan fingerprint density at radius 3 is 2.30 bits per heavy atom. The summed E-state index contributed by atoms with van der Waals surface area (Å²) in [5, 5.41) is 3.69. The van der Waals surface area contributed by atoms with E-state index in [0.29, 0.717) is 23.5 Å². The largest absolute Gasteiger partial charge is 0.494 e. The third kappa shape index (κ3) is 2.58. The number of rotatable bonds is 6. The maximum atomic E-state index is 5.72. The number of hydrogen-bond acceptors (Lipinski definition) is 2. The van der Waals surface area contributed by atoms with E-state index in [1.165, 1.54) is 5.56 Å². The molecule has 1 saturated carbocycles. The molecule has 1 atom stereocenters. The first-order chi connectivity index (χ1) is 9.32. The van der Waals surface area contributed by atoms with Gasteiger partial charge in [-0.2, -0.15) is 0 Å². The van der Waals surface area contributed by atoms with Crippen molar-refractivity contribution in [3.05, 3.63) is 29.8 Å². The first-order valence-corrected chi connectivity index (χ1v) is 7.77. The maximum absolute atomic E-state index is 5.72. The van der Waals surface area contributed by atoms with Crippen molar-refractivity contribution in [2.45, 2.75) is 47.6 Å². The Kier molecular flexibility index (Phi) is 4.15. The van der Waals surface area contributed by atoms with Crippen molar-refractivity contribution in [2.24, 2.45) is 16.7 Å². The SMILES string of the molecule is CCOc1ccccc1C(C)NCC1C(C)(C)C1(C)C. The van der Waals surface area contributed by atoms with Gasteiger partial charge >= 0.3 is 0 Å². The lowest BCUT2D eigenvalue weighted by Crippen LogP contribution is -2.23. The fraction of sp³-hybridized carbons (Fsp3) is 0.667. The van der Waals surface area contributed by atoms with Gasteiger partial charge in [0.25, 0.3) is 0 Å². The second kappa shape index (κ2) is 5.40. The van der Waals surface area contributed by atoms with Crippen molar-refractivity contribution in [2.75, 3.05) is 13.2 Å². The molecule has 0 heterocycles. The van der Waals surface area contributed by atoms with Gasteiger partial charge in [0, 0.05) is 11.6 Å². The van der Waals surface area contributed by atoms with Gasteiger partial charge in [0.05, 0.1) is 6.61 Å². The summed E-state index contributed by atoms with van der Waals surface area (Å²) in [4.78, 5) is 0. The molecular weight excluding hydrogens is 246 g/mol. The van der Waals surface area contributed by atoms with Gasteiger partial charge in [0.2, 0.25) is 0 Å². The Bertz CT molecular complexity index is 450. The molecule has 2 heteroatoms. The standard InChI is InChI=1S/C18H29NO/c1-7-20-15-11-9-8-10-14(15)13(2)19-12-16-17(3,4)18(16,5)6/h8-11,13,16,19H,7,12H2,1-6H3. The minimum Gasteiger partial charge on any atom is -0.494 e. The van der Waals surface area contributed by atoms with Gasteiger partial charge in [0.15, 0.2) is 0 Å². The van der Waals surface area contributed by atoms with Crippen LogP contribution in [0.4, 0.5) is 0 Å². The average Bonchev–Trinajstić information content (AvgIpc) is 2.78. The molecule has 0 bridgehead atoms. The van der Waals surface area contributed by atoms with E-state index >= 15 is 0 Å². The van der Waals surface area contributed by atoms with E-state index in [1.54, 1.807) is 0 Å². The zero-order chi connectivity index (χ0) is 15.0. The van der Waals surface area contributed by atoms with Gasteiger partial charge < -0.3 is 10.1 Å². The summed E-state index contributed by atoms with van der Waals surface area (Å²) in [5.74, 6) is 1.75. The van der Waals surface area contributed by atoms with Crippen molar-refractivity contribution in [3.63, 3.8) is 0 Å². The predicted octanol–water partition coefficient (Wildman–Crippen LogP) is 4.42. The molecule has 2 nitrogen and oxygen atoms in total. The molecule has 1 aromatic carbocycles. The summed E-state index contributed by atoms with van der Waals surface area (Å²) in [7, 11) is 0. The van der Waals surface area contributed by atoms with Crippen LogP contribution in [0.25, 0.3) is 0 Å². The van der Waals surface area contributed by atoms with Gasteiger partial charge in [0.1, 0.15) is 5.75 Å². The summed E-state index contributed by atoms with van der Waals surface area (Å²) in [6.45, 7) is 15.5. The molecule has 0 aliphatic heterocycles. The van der Waals surface area contributed by atoms with Crippen LogP contribution in [0.1, 0.15) is 53.1 Å². The zero-order valence-corrected chi connectivity index (χ0v) is 13.8. The van der Waals surface area contributed by atoms with Gasteiger partial charge in [-0.05, 0) is 43.2 Å². The van der Waals surface area contributed by atoms with Crippen molar-refractivity contribution in [1.29, 1.82) is 0 Å². The first kappa shape index (κ1) is 15.4. The molecule has 0 amide bonds. The normalized spacial score (nSPS) is 21.5. The van der Waals surface area contributed by atoms with E-state index < -0.39 is 0 Å². The highest BCUT2D eigenvalue weighted by molar-refractivity contribution is 5.35. The highest BCUT2D eigenvalue weighted by atomic mass is 16.5. The third-order valence-electron chi connectivity index (χ3n) is 5.63. The Morgan fingerprint density at radius 1 is 1.15 bits per heavy atom. The molecular formula is C18H29NO. The van der Waals surface area contributed by atoms with E-state index in [9.17, 15) is 0 Å². The van der Waals surface area contributed by atoms with Crippen LogP contribution in [0.2, 0.25) is 0 Å².